The van der Waals surface area contributed by atoms with E-state index < -0.39 is 70.4 Å². The van der Waals surface area contributed by atoms with Gasteiger partial charge in [0.15, 0.2) is 5.71 Å². The summed E-state index contributed by atoms with van der Waals surface area (Å²) in [5, 5.41) is 27.1. The van der Waals surface area contributed by atoms with Crippen molar-refractivity contribution in [1.29, 1.82) is 0 Å². The molecule has 4 aliphatic rings. The number of carbonyl (C=O) groups excluding carboxylic acids is 3. The quantitative estimate of drug-likeness (QED) is 0.0190. The van der Waals surface area contributed by atoms with Gasteiger partial charge in [0.05, 0.1) is 38.2 Å². The van der Waals surface area contributed by atoms with Gasteiger partial charge in [0.2, 0.25) is 15.7 Å². The SMILES string of the molecule is CN(CCCC(=O)ON1C(=O)CCC1=O)S(=O)(=O)c1ccc2c(c1)C(C)(C)/C(=C\C=C1/CCCC(/C=C/C3=[N+](CCCS(=O)(=O)[O-])c4ccc(SOO[O-])cc4C3(C)C)=C1SCCS(=O)(=O)O)N2CCCSOOO.[K+]. The van der Waals surface area contributed by atoms with Crippen molar-refractivity contribution in [3.8, 4) is 0 Å². The number of hydrogen-bond acceptors (Lipinski definition) is 21. The van der Waals surface area contributed by atoms with Crippen molar-refractivity contribution in [2.75, 3.05) is 54.6 Å². The fourth-order valence-electron chi connectivity index (χ4n) is 9.36. The average molecular weight is 1200 g/mol. The number of sulfonamides is 1. The summed E-state index contributed by atoms with van der Waals surface area (Å²) in [4.78, 5) is 44.5. The molecule has 22 nitrogen and oxygen atoms in total. The monoisotopic (exact) mass is 1200 g/mol. The summed E-state index contributed by atoms with van der Waals surface area (Å²) < 4.78 is 109. The Morgan fingerprint density at radius 1 is 0.882 bits per heavy atom. The van der Waals surface area contributed by atoms with Gasteiger partial charge in [-0.05, 0) is 99.1 Å². The van der Waals surface area contributed by atoms with Crippen LogP contribution >= 0.6 is 35.8 Å². The molecule has 2 aromatic carbocycles. The molecule has 1 saturated heterocycles. The van der Waals surface area contributed by atoms with E-state index in [1.165, 1.54) is 24.9 Å². The molecular formula is C47H59KN4O18S6. The minimum Gasteiger partial charge on any atom is -0.748 e. The Bertz CT molecular complexity index is 3000. The number of allylic oxidation sites excluding steroid dienone is 7. The number of rotatable bonds is 27. The fourth-order valence-corrected chi connectivity index (χ4v) is 13.9. The van der Waals surface area contributed by atoms with Crippen LogP contribution in [0, 0.1) is 0 Å². The minimum absolute atomic E-state index is 0. The third-order valence-electron chi connectivity index (χ3n) is 13.1. The molecule has 0 spiro atoms. The van der Waals surface area contributed by atoms with Crippen molar-refractivity contribution in [2.24, 2.45) is 0 Å². The number of carbonyl (C=O) groups is 3. The topological polar surface area (TPSA) is 299 Å². The van der Waals surface area contributed by atoms with Gasteiger partial charge in [0, 0.05) is 119 Å². The molecule has 0 radical (unpaired) electrons. The van der Waals surface area contributed by atoms with Gasteiger partial charge in [0.25, 0.3) is 21.9 Å². The molecule has 1 aliphatic carbocycles. The summed E-state index contributed by atoms with van der Waals surface area (Å²) in [5.74, 6) is -2.76. The van der Waals surface area contributed by atoms with Gasteiger partial charge in [-0.25, -0.2) is 31.2 Å². The first-order valence-electron chi connectivity index (χ1n) is 23.6. The molecule has 412 valence electrons. The number of imide groups is 1. The first kappa shape index (κ1) is 64.5. The van der Waals surface area contributed by atoms with Crippen LogP contribution in [-0.2, 0) is 79.1 Å². The normalized spacial score (nSPS) is 18.7. The van der Waals surface area contributed by atoms with Crippen LogP contribution in [-0.4, -0.2) is 127 Å². The zero-order chi connectivity index (χ0) is 54.9. The number of thioether (sulfide) groups is 1. The second kappa shape index (κ2) is 27.9. The average Bonchev–Trinajstić information content (AvgIpc) is 3.85. The van der Waals surface area contributed by atoms with E-state index in [2.05, 4.69) is 23.6 Å². The molecule has 76 heavy (non-hydrogen) atoms. The van der Waals surface area contributed by atoms with Gasteiger partial charge in [-0.2, -0.15) is 17.3 Å². The van der Waals surface area contributed by atoms with Crippen molar-refractivity contribution >= 4 is 101 Å². The summed E-state index contributed by atoms with van der Waals surface area (Å²) in [7, 11) is -11.6. The van der Waals surface area contributed by atoms with Crippen LogP contribution in [0.1, 0.15) is 96.6 Å². The first-order chi connectivity index (χ1) is 35.3. The number of hydrogen-bond donors (Lipinski definition) is 2. The number of amides is 2. The first-order valence-corrected chi connectivity index (χ1v) is 30.9. The van der Waals surface area contributed by atoms with Gasteiger partial charge in [0.1, 0.15) is 6.54 Å². The van der Waals surface area contributed by atoms with Crippen molar-refractivity contribution < 1.29 is 139 Å². The Kier molecular flexibility index (Phi) is 23.7. The maximum absolute atomic E-state index is 14.0. The zero-order valence-corrected chi connectivity index (χ0v) is 50.8. The third kappa shape index (κ3) is 16.4. The van der Waals surface area contributed by atoms with Crippen LogP contribution in [0.2, 0.25) is 0 Å². The Morgan fingerprint density at radius 3 is 2.28 bits per heavy atom. The van der Waals surface area contributed by atoms with Crippen LogP contribution in [0.4, 0.5) is 11.4 Å². The van der Waals surface area contributed by atoms with Crippen molar-refractivity contribution in [2.45, 2.75) is 106 Å². The van der Waals surface area contributed by atoms with Crippen molar-refractivity contribution in [3.05, 3.63) is 93.6 Å². The van der Waals surface area contributed by atoms with Gasteiger partial charge < -0.3 is 19.5 Å². The van der Waals surface area contributed by atoms with E-state index in [1.54, 1.807) is 18.2 Å². The standard InChI is InChI=1S/C47H60N4O18S6.K/c1-46(2)36-30-34(72-69-67-56)15-17-38(36)50(25-9-28-73(57,58)59)40(46)19-13-32-10-6-11-33(45(32)70-27-29-74(60,61)62)14-20-41-47(3,4)37-31-35(16-18-39(37)49(41)24-8-26-71-68-66-55)75(63,64)48(5)23-7-12-44(54)65-51-42(52)21-22-43(51)53;/h13-20,30-31H,6-12,21-29H2,1-5H3,(H3-,55,56,57,58,59,60,61,62);/q;+1/p-1. The molecular weight excluding hydrogens is 1140 g/mol. The van der Waals surface area contributed by atoms with E-state index in [1.807, 2.05) is 68.7 Å². The Morgan fingerprint density at radius 2 is 1.61 bits per heavy atom. The fraction of sp³-hybridized carbons (Fsp3) is 0.489. The van der Waals surface area contributed by atoms with Crippen LogP contribution in [0.5, 0.6) is 0 Å². The van der Waals surface area contributed by atoms with Gasteiger partial charge in [-0.15, -0.1) is 21.2 Å². The molecule has 0 aromatic heterocycles. The molecule has 2 aromatic rings. The molecule has 6 rings (SSSR count). The second-order valence-corrected chi connectivity index (χ2v) is 26.6. The number of nitrogens with zero attached hydrogens (tertiary/aromatic N) is 4. The Balaban J connectivity index is 0.0000107. The molecule has 0 atom stereocenters. The number of hydroxylamine groups is 2. The van der Waals surface area contributed by atoms with E-state index >= 15 is 0 Å². The minimum atomic E-state index is -4.51. The zero-order valence-electron chi connectivity index (χ0n) is 42.8. The number of fused-ring (bicyclic) bond motifs is 2. The summed E-state index contributed by atoms with van der Waals surface area (Å²) in [6.07, 6.45) is 9.93. The van der Waals surface area contributed by atoms with Crippen LogP contribution in [0.25, 0.3) is 0 Å². The number of benzene rings is 2. The Hall–Kier alpha value is -2.34. The van der Waals surface area contributed by atoms with E-state index in [4.69, 9.17) is 10.1 Å². The summed E-state index contributed by atoms with van der Waals surface area (Å²) in [6, 6.07) is 10.2. The predicted molar refractivity (Wildman–Crippen MR) is 276 cm³/mol. The van der Waals surface area contributed by atoms with Gasteiger partial charge >= 0.3 is 57.4 Å². The molecule has 0 bridgehead atoms. The number of anilines is 1. The largest absolute Gasteiger partial charge is 1.00 e. The molecule has 0 unspecified atom stereocenters. The van der Waals surface area contributed by atoms with Crippen molar-refractivity contribution in [3.63, 3.8) is 0 Å². The van der Waals surface area contributed by atoms with Gasteiger partial charge in [-0.1, -0.05) is 31.0 Å². The maximum atomic E-state index is 14.0. The smallest absolute Gasteiger partial charge is 0.748 e. The molecule has 1 fully saturated rings. The van der Waals surface area contributed by atoms with E-state index in [0.29, 0.717) is 53.5 Å². The van der Waals surface area contributed by atoms with E-state index in [-0.39, 0.29) is 107 Å². The van der Waals surface area contributed by atoms with E-state index in [9.17, 15) is 54.0 Å². The molecule has 3 heterocycles. The van der Waals surface area contributed by atoms with Crippen LogP contribution < -0.4 is 61.5 Å². The molecule has 2 amide bonds. The molecule has 29 heteroatoms. The Labute approximate surface area is 498 Å². The van der Waals surface area contributed by atoms with Crippen molar-refractivity contribution in [1.82, 2.24) is 9.37 Å². The van der Waals surface area contributed by atoms with Crippen LogP contribution in [0.3, 0.4) is 0 Å². The van der Waals surface area contributed by atoms with Gasteiger partial charge in [-0.3, -0.25) is 19.2 Å². The summed E-state index contributed by atoms with van der Waals surface area (Å²) in [6.45, 7) is 8.42. The third-order valence-corrected chi connectivity index (χ3v) is 19.1. The molecule has 3 aliphatic heterocycles. The maximum Gasteiger partial charge on any atom is 1.00 e. The molecule has 0 saturated carbocycles. The second-order valence-electron chi connectivity index (χ2n) is 18.8. The van der Waals surface area contributed by atoms with E-state index in [0.717, 1.165) is 72.8 Å². The van der Waals surface area contributed by atoms with Crippen LogP contribution in [0.15, 0.2) is 92.2 Å². The summed E-state index contributed by atoms with van der Waals surface area (Å²) >= 11 is 2.89. The molecule has 2 N–H and O–H groups in total. The summed E-state index contributed by atoms with van der Waals surface area (Å²) in [5.41, 5.74) is 4.84. The predicted octanol–water partition coefficient (Wildman–Crippen LogP) is 2.92.